The summed E-state index contributed by atoms with van der Waals surface area (Å²) < 4.78 is 5.45. The quantitative estimate of drug-likeness (QED) is 0.211. The van der Waals surface area contributed by atoms with Crippen molar-refractivity contribution in [1.29, 1.82) is 0 Å². The summed E-state index contributed by atoms with van der Waals surface area (Å²) in [7, 11) is 0. The van der Waals surface area contributed by atoms with Crippen molar-refractivity contribution < 1.29 is 14.3 Å². The van der Waals surface area contributed by atoms with Crippen LogP contribution >= 0.6 is 0 Å². The standard InChI is InChI=1S/C33H39N9O3/c34-20-23-3-7-26(8-4-23)32(43)37-29(33(44)36-28-12-9-25(10-13-28)31-38-40-41-39-31)19-22-1-5-24(6-2-22)27-11-14-30(35-21-27)42-15-17-45-18-16-42/h1-2,5-6,9-14,21,23,26,29H,3-4,7-8,15-20,34H2,(H,36,44)(H,37,43)(H,38,39,40,41). The van der Waals surface area contributed by atoms with Crippen LogP contribution in [0.2, 0.25) is 0 Å². The lowest BCUT2D eigenvalue weighted by Gasteiger charge is -2.28. The van der Waals surface area contributed by atoms with Crippen LogP contribution in [-0.2, 0) is 20.7 Å². The first kappa shape index (κ1) is 30.4. The first-order valence-corrected chi connectivity index (χ1v) is 15.6. The second-order valence-electron chi connectivity index (χ2n) is 11.7. The summed E-state index contributed by atoms with van der Waals surface area (Å²) in [5.74, 6) is 1.40. The molecule has 0 spiro atoms. The van der Waals surface area contributed by atoms with Crippen molar-refractivity contribution in [3.63, 3.8) is 0 Å². The van der Waals surface area contributed by atoms with Crippen LogP contribution in [0, 0.1) is 11.8 Å². The average molecular weight is 610 g/mol. The van der Waals surface area contributed by atoms with Gasteiger partial charge in [0.15, 0.2) is 0 Å². The summed E-state index contributed by atoms with van der Waals surface area (Å²) in [5.41, 5.74) is 10.2. The Labute approximate surface area is 262 Å². The molecule has 0 bridgehead atoms. The molecule has 3 heterocycles. The van der Waals surface area contributed by atoms with Crippen LogP contribution in [0.3, 0.4) is 0 Å². The minimum atomic E-state index is -0.748. The highest BCUT2D eigenvalue weighted by molar-refractivity contribution is 5.97. The molecule has 2 fully saturated rings. The molecule has 4 aromatic rings. The molecule has 45 heavy (non-hydrogen) atoms. The largest absolute Gasteiger partial charge is 0.378 e. The highest BCUT2D eigenvalue weighted by atomic mass is 16.5. The zero-order valence-electron chi connectivity index (χ0n) is 25.2. The minimum Gasteiger partial charge on any atom is -0.378 e. The van der Waals surface area contributed by atoms with Crippen LogP contribution in [-0.4, -0.2) is 76.3 Å². The average Bonchev–Trinajstić information content (AvgIpc) is 3.64. The predicted octanol–water partition coefficient (Wildman–Crippen LogP) is 3.20. The van der Waals surface area contributed by atoms with E-state index in [1.807, 2.05) is 48.7 Å². The lowest BCUT2D eigenvalue weighted by atomic mass is 9.81. The molecule has 2 aliphatic rings. The number of benzene rings is 2. The third-order valence-corrected chi connectivity index (χ3v) is 8.75. The van der Waals surface area contributed by atoms with Gasteiger partial charge in [-0.15, -0.1) is 10.2 Å². The maximum absolute atomic E-state index is 13.6. The number of ether oxygens (including phenoxy) is 1. The van der Waals surface area contributed by atoms with E-state index < -0.39 is 6.04 Å². The van der Waals surface area contributed by atoms with E-state index in [2.05, 4.69) is 47.2 Å². The number of hydrogen-bond acceptors (Lipinski definition) is 9. The van der Waals surface area contributed by atoms with Gasteiger partial charge in [-0.2, -0.15) is 5.21 Å². The third kappa shape index (κ3) is 7.70. The molecule has 1 unspecified atom stereocenters. The molecule has 12 heteroatoms. The number of tetrazole rings is 1. The van der Waals surface area contributed by atoms with Crippen molar-refractivity contribution in [2.24, 2.45) is 17.6 Å². The highest BCUT2D eigenvalue weighted by Gasteiger charge is 2.29. The van der Waals surface area contributed by atoms with Gasteiger partial charge in [0.05, 0.1) is 13.2 Å². The molecule has 5 N–H and O–H groups in total. The van der Waals surface area contributed by atoms with E-state index in [1.54, 1.807) is 12.1 Å². The molecule has 1 aliphatic heterocycles. The zero-order chi connectivity index (χ0) is 31.0. The fourth-order valence-electron chi connectivity index (χ4n) is 5.98. The SMILES string of the molecule is NCC1CCC(C(=O)NC(Cc2ccc(-c3ccc(N4CCOCC4)nc3)cc2)C(=O)Nc2ccc(-c3nn[nH]n3)cc2)CC1. The number of carbonyl (C=O) groups excluding carboxylic acids is 2. The van der Waals surface area contributed by atoms with Crippen molar-refractivity contribution in [2.45, 2.75) is 38.1 Å². The number of amides is 2. The van der Waals surface area contributed by atoms with E-state index in [0.717, 1.165) is 66.8 Å². The Hall–Kier alpha value is -4.68. The van der Waals surface area contributed by atoms with Crippen LogP contribution in [0.5, 0.6) is 0 Å². The summed E-state index contributed by atoms with van der Waals surface area (Å²) in [4.78, 5) is 33.8. The molecule has 2 aromatic heterocycles. The molecular formula is C33H39N9O3. The Kier molecular flexibility index (Phi) is 9.71. The van der Waals surface area contributed by atoms with E-state index in [4.69, 9.17) is 10.5 Å². The number of anilines is 2. The fraction of sp³-hybridized carbons (Fsp3) is 0.394. The molecule has 1 aliphatic carbocycles. The number of carbonyl (C=O) groups is 2. The molecule has 0 radical (unpaired) electrons. The summed E-state index contributed by atoms with van der Waals surface area (Å²) >= 11 is 0. The molecule has 6 rings (SSSR count). The number of aromatic nitrogens is 5. The summed E-state index contributed by atoms with van der Waals surface area (Å²) in [6.07, 6.45) is 5.67. The number of morpholine rings is 1. The van der Waals surface area contributed by atoms with Gasteiger partial charge in [0.1, 0.15) is 11.9 Å². The maximum atomic E-state index is 13.6. The van der Waals surface area contributed by atoms with Crippen LogP contribution in [0.4, 0.5) is 11.5 Å². The van der Waals surface area contributed by atoms with Gasteiger partial charge in [-0.1, -0.05) is 24.3 Å². The summed E-state index contributed by atoms with van der Waals surface area (Å²) in [5, 5.41) is 20.0. The van der Waals surface area contributed by atoms with Crippen molar-refractivity contribution in [1.82, 2.24) is 30.9 Å². The Morgan fingerprint density at radius 2 is 1.64 bits per heavy atom. The van der Waals surface area contributed by atoms with Gasteiger partial charge >= 0.3 is 0 Å². The van der Waals surface area contributed by atoms with Gasteiger partial charge in [-0.25, -0.2) is 4.98 Å². The Morgan fingerprint density at radius 3 is 2.29 bits per heavy atom. The van der Waals surface area contributed by atoms with Crippen molar-refractivity contribution >= 4 is 23.3 Å². The van der Waals surface area contributed by atoms with E-state index in [9.17, 15) is 9.59 Å². The number of H-pyrrole nitrogens is 1. The Balaban J connectivity index is 1.14. The minimum absolute atomic E-state index is 0.0823. The number of aromatic amines is 1. The molecular weight excluding hydrogens is 570 g/mol. The lowest BCUT2D eigenvalue weighted by molar-refractivity contribution is -0.130. The van der Waals surface area contributed by atoms with Crippen molar-refractivity contribution in [3.8, 4) is 22.5 Å². The van der Waals surface area contributed by atoms with Crippen molar-refractivity contribution in [3.05, 3.63) is 72.4 Å². The van der Waals surface area contributed by atoms with Crippen LogP contribution in [0.25, 0.3) is 22.5 Å². The second kappa shape index (κ2) is 14.4. The number of nitrogens with zero attached hydrogens (tertiary/aromatic N) is 5. The maximum Gasteiger partial charge on any atom is 0.247 e. The van der Waals surface area contributed by atoms with Crippen LogP contribution < -0.4 is 21.3 Å². The molecule has 1 saturated carbocycles. The van der Waals surface area contributed by atoms with Crippen LogP contribution in [0.15, 0.2) is 66.9 Å². The predicted molar refractivity (Wildman–Crippen MR) is 171 cm³/mol. The topological polar surface area (TPSA) is 164 Å². The van der Waals surface area contributed by atoms with Gasteiger partial charge in [0, 0.05) is 48.4 Å². The number of pyridine rings is 1. The van der Waals surface area contributed by atoms with Gasteiger partial charge in [0.25, 0.3) is 0 Å². The van der Waals surface area contributed by atoms with Gasteiger partial charge in [-0.3, -0.25) is 9.59 Å². The smallest absolute Gasteiger partial charge is 0.247 e. The lowest BCUT2D eigenvalue weighted by Crippen LogP contribution is -2.48. The highest BCUT2D eigenvalue weighted by Crippen LogP contribution is 2.29. The van der Waals surface area contributed by atoms with E-state index in [-0.39, 0.29) is 17.7 Å². The van der Waals surface area contributed by atoms with Gasteiger partial charge in [-0.05, 0) is 90.9 Å². The second-order valence-corrected chi connectivity index (χ2v) is 11.7. The Bertz CT molecular complexity index is 1530. The zero-order valence-corrected chi connectivity index (χ0v) is 25.2. The Morgan fingerprint density at radius 1 is 0.933 bits per heavy atom. The third-order valence-electron chi connectivity index (χ3n) is 8.75. The molecule has 12 nitrogen and oxygen atoms in total. The van der Waals surface area contributed by atoms with E-state index in [1.165, 1.54) is 0 Å². The summed E-state index contributed by atoms with van der Waals surface area (Å²) in [6.45, 7) is 3.76. The first-order chi connectivity index (χ1) is 22.1. The van der Waals surface area contributed by atoms with E-state index in [0.29, 0.717) is 43.6 Å². The van der Waals surface area contributed by atoms with E-state index >= 15 is 0 Å². The number of nitrogens with two attached hydrogens (primary N) is 1. The first-order valence-electron chi connectivity index (χ1n) is 15.6. The summed E-state index contributed by atoms with van der Waals surface area (Å²) in [6, 6.07) is 18.6. The molecule has 1 atom stereocenters. The number of nitrogens with one attached hydrogen (secondary N) is 3. The molecule has 1 saturated heterocycles. The fourth-order valence-corrected chi connectivity index (χ4v) is 5.98. The normalized spacial score (nSPS) is 19.1. The number of rotatable bonds is 10. The van der Waals surface area contributed by atoms with Crippen molar-refractivity contribution in [2.75, 3.05) is 43.1 Å². The molecule has 2 aromatic carbocycles. The monoisotopic (exact) mass is 609 g/mol. The van der Waals surface area contributed by atoms with Crippen LogP contribution in [0.1, 0.15) is 31.2 Å². The molecule has 234 valence electrons. The van der Waals surface area contributed by atoms with Gasteiger partial charge < -0.3 is 26.0 Å². The molecule has 2 amide bonds. The number of hydrogen-bond donors (Lipinski definition) is 4. The van der Waals surface area contributed by atoms with Gasteiger partial charge in [0.2, 0.25) is 17.6 Å².